The Labute approximate surface area is 169 Å². The highest BCUT2D eigenvalue weighted by molar-refractivity contribution is 6.44. The van der Waals surface area contributed by atoms with Crippen LogP contribution in [0.15, 0.2) is 36.4 Å². The largest absolute Gasteiger partial charge is 0.324 e. The number of nitrogens with one attached hydrogen (secondary N) is 1. The summed E-state index contributed by atoms with van der Waals surface area (Å²) in [5, 5.41) is 3.49. The van der Waals surface area contributed by atoms with Gasteiger partial charge in [-0.25, -0.2) is 0 Å². The number of carbonyl (C=O) groups is 2. The van der Waals surface area contributed by atoms with E-state index in [-0.39, 0.29) is 18.2 Å². The van der Waals surface area contributed by atoms with Crippen molar-refractivity contribution in [1.29, 1.82) is 0 Å². The molecule has 1 aliphatic rings. The Morgan fingerprint density at radius 2 is 1.74 bits per heavy atom. The summed E-state index contributed by atoms with van der Waals surface area (Å²) in [6.07, 6.45) is 1.86. The van der Waals surface area contributed by atoms with Crippen molar-refractivity contribution in [2.75, 3.05) is 16.8 Å². The van der Waals surface area contributed by atoms with Crippen molar-refractivity contribution >= 4 is 46.4 Å². The van der Waals surface area contributed by atoms with Crippen LogP contribution in [0.3, 0.4) is 0 Å². The van der Waals surface area contributed by atoms with Gasteiger partial charge in [0.1, 0.15) is 0 Å². The Bertz CT molecular complexity index is 860. The Hall–Kier alpha value is -2.04. The number of hydrogen-bond acceptors (Lipinski definition) is 2. The molecule has 2 aromatic carbocycles. The highest BCUT2D eigenvalue weighted by Crippen LogP contribution is 2.34. The van der Waals surface area contributed by atoms with Gasteiger partial charge in [-0.15, -0.1) is 0 Å². The van der Waals surface area contributed by atoms with Crippen molar-refractivity contribution in [2.45, 2.75) is 33.1 Å². The third-order valence-electron chi connectivity index (χ3n) is 4.94. The first-order valence-corrected chi connectivity index (χ1v) is 9.87. The van der Waals surface area contributed by atoms with Crippen LogP contribution in [-0.4, -0.2) is 18.4 Å². The fourth-order valence-electron chi connectivity index (χ4n) is 3.50. The summed E-state index contributed by atoms with van der Waals surface area (Å²) in [4.78, 5) is 27.2. The van der Waals surface area contributed by atoms with Crippen LogP contribution >= 0.6 is 23.2 Å². The van der Waals surface area contributed by atoms with Gasteiger partial charge < -0.3 is 10.2 Å². The molecule has 1 aliphatic heterocycles. The van der Waals surface area contributed by atoms with E-state index in [1.165, 1.54) is 0 Å². The first-order valence-electron chi connectivity index (χ1n) is 9.12. The number of hydrogen-bond donors (Lipinski definition) is 1. The number of rotatable bonds is 5. The molecular weight excluding hydrogens is 383 g/mol. The number of amides is 2. The molecule has 0 bridgehead atoms. The van der Waals surface area contributed by atoms with Crippen molar-refractivity contribution in [1.82, 2.24) is 0 Å². The number of benzene rings is 2. The number of para-hydroxylation sites is 1. The molecule has 0 spiro atoms. The fraction of sp³-hybridized carbons (Fsp3) is 0.333. The standard InChI is InChI=1S/C21H22Cl2N2O2/c1-3-13-7-5-8-14(4-2)20(13)25-12-15(11-18(25)26)21(27)24-17-10-6-9-16(22)19(17)23/h5-10,15H,3-4,11-12H2,1-2H3,(H,24,27)/t15-/m0/s1. The molecule has 0 unspecified atom stereocenters. The molecule has 2 amide bonds. The third kappa shape index (κ3) is 3.97. The SMILES string of the molecule is CCc1cccc(CC)c1N1C[C@@H](C(=O)Nc2cccc(Cl)c2Cl)CC1=O. The maximum Gasteiger partial charge on any atom is 0.229 e. The second-order valence-electron chi connectivity index (χ2n) is 6.63. The van der Waals surface area contributed by atoms with Gasteiger partial charge in [-0.2, -0.15) is 0 Å². The topological polar surface area (TPSA) is 49.4 Å². The third-order valence-corrected chi connectivity index (χ3v) is 5.76. The molecule has 0 aliphatic carbocycles. The van der Waals surface area contributed by atoms with E-state index in [1.807, 2.05) is 18.2 Å². The molecule has 1 fully saturated rings. The zero-order chi connectivity index (χ0) is 19.6. The van der Waals surface area contributed by atoms with Gasteiger partial charge in [-0.1, -0.05) is 61.3 Å². The van der Waals surface area contributed by atoms with Crippen molar-refractivity contribution in [2.24, 2.45) is 5.92 Å². The van der Waals surface area contributed by atoms with Gasteiger partial charge in [0.05, 0.1) is 21.7 Å². The zero-order valence-corrected chi connectivity index (χ0v) is 16.9. The molecular formula is C21H22Cl2N2O2. The van der Waals surface area contributed by atoms with Gasteiger partial charge in [0.2, 0.25) is 11.8 Å². The van der Waals surface area contributed by atoms with E-state index >= 15 is 0 Å². The Kier molecular flexibility index (Phi) is 6.08. The summed E-state index contributed by atoms with van der Waals surface area (Å²) < 4.78 is 0. The molecule has 1 atom stereocenters. The van der Waals surface area contributed by atoms with Gasteiger partial charge in [-0.05, 0) is 36.1 Å². The summed E-state index contributed by atoms with van der Waals surface area (Å²) in [7, 11) is 0. The maximum atomic E-state index is 12.7. The minimum atomic E-state index is -0.429. The molecule has 1 saturated heterocycles. The van der Waals surface area contributed by atoms with Crippen molar-refractivity contribution in [3.8, 4) is 0 Å². The smallest absolute Gasteiger partial charge is 0.229 e. The summed E-state index contributed by atoms with van der Waals surface area (Å²) in [6, 6.07) is 11.2. The molecule has 4 nitrogen and oxygen atoms in total. The van der Waals surface area contributed by atoms with Crippen LogP contribution in [0.5, 0.6) is 0 Å². The molecule has 1 N–H and O–H groups in total. The average molecular weight is 405 g/mol. The molecule has 142 valence electrons. The minimum Gasteiger partial charge on any atom is -0.324 e. The predicted molar refractivity (Wildman–Crippen MR) is 111 cm³/mol. The normalized spacial score (nSPS) is 16.7. The van der Waals surface area contributed by atoms with Crippen LogP contribution in [0.2, 0.25) is 10.0 Å². The number of nitrogens with zero attached hydrogens (tertiary/aromatic N) is 1. The quantitative estimate of drug-likeness (QED) is 0.752. The van der Waals surface area contributed by atoms with Crippen LogP contribution in [0, 0.1) is 5.92 Å². The first kappa shape index (κ1) is 19.7. The molecule has 0 radical (unpaired) electrons. The summed E-state index contributed by atoms with van der Waals surface area (Å²) >= 11 is 12.2. The lowest BCUT2D eigenvalue weighted by atomic mass is 10.0. The summed E-state index contributed by atoms with van der Waals surface area (Å²) in [6.45, 7) is 4.52. The summed E-state index contributed by atoms with van der Waals surface area (Å²) in [5.74, 6) is -0.674. The van der Waals surface area contributed by atoms with Crippen LogP contribution in [0.25, 0.3) is 0 Å². The molecule has 3 rings (SSSR count). The first-order chi connectivity index (χ1) is 13.0. The van der Waals surface area contributed by atoms with E-state index in [2.05, 4.69) is 19.2 Å². The molecule has 27 heavy (non-hydrogen) atoms. The molecule has 0 aromatic heterocycles. The van der Waals surface area contributed by atoms with E-state index in [4.69, 9.17) is 23.2 Å². The molecule has 6 heteroatoms. The van der Waals surface area contributed by atoms with Crippen LogP contribution < -0.4 is 10.2 Å². The van der Waals surface area contributed by atoms with Crippen molar-refractivity contribution in [3.63, 3.8) is 0 Å². The molecule has 1 heterocycles. The van der Waals surface area contributed by atoms with Crippen molar-refractivity contribution < 1.29 is 9.59 Å². The van der Waals surface area contributed by atoms with E-state index < -0.39 is 5.92 Å². The van der Waals surface area contributed by atoms with Gasteiger partial charge in [0, 0.05) is 18.7 Å². The number of carbonyl (C=O) groups excluding carboxylic acids is 2. The lowest BCUT2D eigenvalue weighted by molar-refractivity contribution is -0.122. The highest BCUT2D eigenvalue weighted by atomic mass is 35.5. The monoisotopic (exact) mass is 404 g/mol. The lowest BCUT2D eigenvalue weighted by Gasteiger charge is -2.23. The Balaban J connectivity index is 1.82. The summed E-state index contributed by atoms with van der Waals surface area (Å²) in [5.41, 5.74) is 3.68. The van der Waals surface area contributed by atoms with Gasteiger partial charge in [0.25, 0.3) is 0 Å². The highest BCUT2D eigenvalue weighted by Gasteiger charge is 2.36. The lowest BCUT2D eigenvalue weighted by Crippen LogP contribution is -2.29. The zero-order valence-electron chi connectivity index (χ0n) is 15.4. The van der Waals surface area contributed by atoms with Gasteiger partial charge >= 0.3 is 0 Å². The molecule has 0 saturated carbocycles. The maximum absolute atomic E-state index is 12.7. The van der Waals surface area contributed by atoms with Crippen LogP contribution in [0.4, 0.5) is 11.4 Å². The number of anilines is 2. The van der Waals surface area contributed by atoms with E-state index in [1.54, 1.807) is 23.1 Å². The Morgan fingerprint density at radius 3 is 2.37 bits per heavy atom. The molecule has 2 aromatic rings. The van der Waals surface area contributed by atoms with Crippen LogP contribution in [-0.2, 0) is 22.4 Å². The average Bonchev–Trinajstić information content (AvgIpc) is 3.06. The number of aryl methyl sites for hydroxylation is 2. The van der Waals surface area contributed by atoms with Gasteiger partial charge in [-0.3, -0.25) is 9.59 Å². The second-order valence-corrected chi connectivity index (χ2v) is 7.41. The van der Waals surface area contributed by atoms with Crippen molar-refractivity contribution in [3.05, 3.63) is 57.6 Å². The Morgan fingerprint density at radius 1 is 1.11 bits per heavy atom. The fourth-order valence-corrected chi connectivity index (χ4v) is 3.84. The predicted octanol–water partition coefficient (Wildman–Crippen LogP) is 5.11. The van der Waals surface area contributed by atoms with E-state index in [0.29, 0.717) is 22.3 Å². The minimum absolute atomic E-state index is 0.0251. The van der Waals surface area contributed by atoms with E-state index in [9.17, 15) is 9.59 Å². The van der Waals surface area contributed by atoms with Crippen LogP contribution in [0.1, 0.15) is 31.4 Å². The number of halogens is 2. The van der Waals surface area contributed by atoms with E-state index in [0.717, 1.165) is 29.7 Å². The van der Waals surface area contributed by atoms with Gasteiger partial charge in [0.15, 0.2) is 0 Å². The second kappa shape index (κ2) is 8.32.